The Morgan fingerprint density at radius 1 is 1.30 bits per heavy atom. The van der Waals surface area contributed by atoms with Gasteiger partial charge in [-0.15, -0.1) is 11.6 Å². The van der Waals surface area contributed by atoms with Crippen LogP contribution in [0.1, 0.15) is 11.4 Å². The van der Waals surface area contributed by atoms with E-state index in [1.54, 1.807) is 6.07 Å². The SMILES string of the molecule is CN1CCN(n2c(CCl)nc3c(C#N)cccc32)CC1. The van der Waals surface area contributed by atoms with E-state index < -0.39 is 0 Å². The van der Waals surface area contributed by atoms with Gasteiger partial charge in [-0.2, -0.15) is 5.26 Å². The molecule has 0 amide bonds. The average Bonchev–Trinajstić information content (AvgIpc) is 2.86. The standard InChI is InChI=1S/C14H16ClN5/c1-18-5-7-19(8-6-18)20-12-4-2-3-11(10-16)14(12)17-13(20)9-15/h2-4H,5-9H2,1H3. The third kappa shape index (κ3) is 2.11. The molecule has 0 radical (unpaired) electrons. The fourth-order valence-corrected chi connectivity index (χ4v) is 2.80. The first-order chi connectivity index (χ1) is 9.74. The summed E-state index contributed by atoms with van der Waals surface area (Å²) in [5.74, 6) is 1.14. The average molecular weight is 290 g/mol. The maximum atomic E-state index is 9.20. The number of halogens is 1. The number of hydrogen-bond acceptors (Lipinski definition) is 4. The van der Waals surface area contributed by atoms with E-state index in [1.807, 2.05) is 12.1 Å². The Morgan fingerprint density at radius 2 is 2.05 bits per heavy atom. The fourth-order valence-electron chi connectivity index (χ4n) is 2.62. The van der Waals surface area contributed by atoms with E-state index in [1.165, 1.54) is 0 Å². The molecule has 3 rings (SSSR count). The van der Waals surface area contributed by atoms with Gasteiger partial charge in [-0.25, -0.2) is 9.66 Å². The van der Waals surface area contributed by atoms with Gasteiger partial charge in [0.1, 0.15) is 17.4 Å². The number of nitrogens with zero attached hydrogens (tertiary/aromatic N) is 5. The number of fused-ring (bicyclic) bond motifs is 1. The minimum atomic E-state index is 0.339. The number of hydrogen-bond donors (Lipinski definition) is 0. The molecule has 6 heteroatoms. The van der Waals surface area contributed by atoms with Crippen molar-refractivity contribution in [3.05, 3.63) is 29.6 Å². The van der Waals surface area contributed by atoms with Crippen LogP contribution in [-0.4, -0.2) is 47.8 Å². The Balaban J connectivity index is 2.12. The highest BCUT2D eigenvalue weighted by Crippen LogP contribution is 2.21. The van der Waals surface area contributed by atoms with Crippen LogP contribution in [0.5, 0.6) is 0 Å². The van der Waals surface area contributed by atoms with Crippen LogP contribution in [0.3, 0.4) is 0 Å². The molecule has 0 bridgehead atoms. The molecule has 5 nitrogen and oxygen atoms in total. The Morgan fingerprint density at radius 3 is 2.70 bits per heavy atom. The molecule has 104 valence electrons. The lowest BCUT2D eigenvalue weighted by Crippen LogP contribution is -2.50. The van der Waals surface area contributed by atoms with Crippen molar-refractivity contribution in [2.45, 2.75) is 5.88 Å². The number of alkyl halides is 1. The van der Waals surface area contributed by atoms with Crippen LogP contribution in [0, 0.1) is 11.3 Å². The lowest BCUT2D eigenvalue weighted by molar-refractivity contribution is 0.288. The number of nitriles is 1. The Hall–Kier alpha value is -1.77. The molecule has 20 heavy (non-hydrogen) atoms. The van der Waals surface area contributed by atoms with Crippen LogP contribution in [0.2, 0.25) is 0 Å². The number of para-hydroxylation sites is 1. The lowest BCUT2D eigenvalue weighted by atomic mass is 10.2. The molecule has 0 unspecified atom stereocenters. The van der Waals surface area contributed by atoms with Gasteiger partial charge in [0, 0.05) is 26.2 Å². The molecular weight excluding hydrogens is 274 g/mol. The highest BCUT2D eigenvalue weighted by atomic mass is 35.5. The monoisotopic (exact) mass is 289 g/mol. The number of imidazole rings is 1. The van der Waals surface area contributed by atoms with Crippen molar-refractivity contribution in [2.24, 2.45) is 0 Å². The van der Waals surface area contributed by atoms with Crippen molar-refractivity contribution in [3.63, 3.8) is 0 Å². The Bertz CT molecular complexity index is 664. The Labute approximate surface area is 122 Å². The number of likely N-dealkylation sites (N-methyl/N-ethyl adjacent to an activating group) is 1. The molecule has 0 aliphatic carbocycles. The van der Waals surface area contributed by atoms with E-state index >= 15 is 0 Å². The first kappa shape index (κ1) is 13.2. The van der Waals surface area contributed by atoms with E-state index in [-0.39, 0.29) is 0 Å². The van der Waals surface area contributed by atoms with Crippen molar-refractivity contribution in [1.82, 2.24) is 14.6 Å². The number of rotatable bonds is 2. The summed E-state index contributed by atoms with van der Waals surface area (Å²) < 4.78 is 2.08. The van der Waals surface area contributed by atoms with Crippen molar-refractivity contribution in [1.29, 1.82) is 5.26 Å². The molecule has 0 saturated carbocycles. The number of piperazine rings is 1. The molecule has 0 spiro atoms. The zero-order valence-electron chi connectivity index (χ0n) is 11.4. The zero-order chi connectivity index (χ0) is 14.1. The van der Waals surface area contributed by atoms with Crippen LogP contribution in [0.25, 0.3) is 11.0 Å². The summed E-state index contributed by atoms with van der Waals surface area (Å²) in [7, 11) is 2.12. The highest BCUT2D eigenvalue weighted by molar-refractivity contribution is 6.16. The molecule has 2 aromatic rings. The molecule has 1 aromatic carbocycles. The zero-order valence-corrected chi connectivity index (χ0v) is 12.1. The minimum absolute atomic E-state index is 0.339. The van der Waals surface area contributed by atoms with E-state index in [9.17, 15) is 5.26 Å². The summed E-state index contributed by atoms with van der Waals surface area (Å²) in [4.78, 5) is 6.85. The van der Waals surface area contributed by atoms with Crippen molar-refractivity contribution < 1.29 is 0 Å². The van der Waals surface area contributed by atoms with Gasteiger partial charge in [0.2, 0.25) is 0 Å². The lowest BCUT2D eigenvalue weighted by Gasteiger charge is -2.35. The summed E-state index contributed by atoms with van der Waals surface area (Å²) in [6, 6.07) is 7.89. The second-order valence-corrected chi connectivity index (χ2v) is 5.28. The van der Waals surface area contributed by atoms with Crippen molar-refractivity contribution in [2.75, 3.05) is 38.2 Å². The fraction of sp³-hybridized carbons (Fsp3) is 0.429. The van der Waals surface area contributed by atoms with Gasteiger partial charge in [-0.3, -0.25) is 0 Å². The van der Waals surface area contributed by atoms with Crippen LogP contribution in [0.15, 0.2) is 18.2 Å². The highest BCUT2D eigenvalue weighted by Gasteiger charge is 2.20. The van der Waals surface area contributed by atoms with Crippen LogP contribution in [0.4, 0.5) is 0 Å². The molecule has 0 N–H and O–H groups in total. The molecule has 1 saturated heterocycles. The summed E-state index contributed by atoms with van der Waals surface area (Å²) in [6.45, 7) is 3.89. The quantitative estimate of drug-likeness (QED) is 0.787. The topological polar surface area (TPSA) is 48.1 Å². The van der Waals surface area contributed by atoms with Gasteiger partial charge in [-0.05, 0) is 19.2 Å². The summed E-state index contributed by atoms with van der Waals surface area (Å²) in [5, 5.41) is 11.5. The van der Waals surface area contributed by atoms with Gasteiger partial charge in [-0.1, -0.05) is 6.07 Å². The number of aromatic nitrogens is 2. The summed E-state index contributed by atoms with van der Waals surface area (Å²) >= 11 is 6.04. The van der Waals surface area contributed by atoms with Crippen LogP contribution < -0.4 is 5.01 Å². The third-order valence-corrected chi connectivity index (χ3v) is 3.97. The predicted molar refractivity (Wildman–Crippen MR) is 79.5 cm³/mol. The van der Waals surface area contributed by atoms with E-state index in [0.29, 0.717) is 11.4 Å². The second-order valence-electron chi connectivity index (χ2n) is 5.02. The summed E-state index contributed by atoms with van der Waals surface area (Å²) in [5.41, 5.74) is 2.30. The van der Waals surface area contributed by atoms with Gasteiger partial charge in [0.25, 0.3) is 0 Å². The molecule has 0 atom stereocenters. The molecule has 1 aromatic heterocycles. The predicted octanol–water partition coefficient (Wildman–Crippen LogP) is 1.53. The molecular formula is C14H16ClN5. The van der Waals surface area contributed by atoms with Crippen molar-refractivity contribution in [3.8, 4) is 6.07 Å². The normalized spacial score (nSPS) is 16.6. The van der Waals surface area contributed by atoms with E-state index in [4.69, 9.17) is 11.6 Å². The number of benzene rings is 1. The maximum absolute atomic E-state index is 9.20. The van der Waals surface area contributed by atoms with Gasteiger partial charge in [0.05, 0.1) is 17.0 Å². The van der Waals surface area contributed by atoms with Gasteiger partial charge >= 0.3 is 0 Å². The molecule has 1 aliphatic heterocycles. The van der Waals surface area contributed by atoms with E-state index in [0.717, 1.165) is 43.0 Å². The Kier molecular flexibility index (Phi) is 3.51. The summed E-state index contributed by atoms with van der Waals surface area (Å²) in [6.07, 6.45) is 0. The smallest absolute Gasteiger partial charge is 0.143 e. The third-order valence-electron chi connectivity index (χ3n) is 3.73. The van der Waals surface area contributed by atoms with Crippen molar-refractivity contribution >= 4 is 22.6 Å². The van der Waals surface area contributed by atoms with Crippen LogP contribution in [-0.2, 0) is 5.88 Å². The first-order valence-corrected chi connectivity index (χ1v) is 7.18. The first-order valence-electron chi connectivity index (χ1n) is 6.64. The molecule has 1 fully saturated rings. The van der Waals surface area contributed by atoms with Gasteiger partial charge in [0.15, 0.2) is 0 Å². The maximum Gasteiger partial charge on any atom is 0.143 e. The van der Waals surface area contributed by atoms with E-state index in [2.05, 4.69) is 32.7 Å². The van der Waals surface area contributed by atoms with Gasteiger partial charge < -0.3 is 9.91 Å². The largest absolute Gasteiger partial charge is 0.308 e. The molecule has 2 heterocycles. The van der Waals surface area contributed by atoms with Crippen LogP contribution >= 0.6 is 11.6 Å². The molecule has 1 aliphatic rings. The minimum Gasteiger partial charge on any atom is -0.308 e. The second kappa shape index (κ2) is 5.31.